The van der Waals surface area contributed by atoms with E-state index in [4.69, 9.17) is 0 Å². The van der Waals surface area contributed by atoms with Gasteiger partial charge in [-0.15, -0.1) is 5.10 Å². The molecule has 3 aromatic rings. The van der Waals surface area contributed by atoms with Crippen molar-refractivity contribution in [2.24, 2.45) is 10.2 Å². The summed E-state index contributed by atoms with van der Waals surface area (Å²) in [5.74, 6) is -0.338. The van der Waals surface area contributed by atoms with Crippen LogP contribution in [-0.2, 0) is 4.79 Å². The van der Waals surface area contributed by atoms with Gasteiger partial charge in [-0.3, -0.25) is 9.59 Å². The van der Waals surface area contributed by atoms with Crippen molar-refractivity contribution in [1.29, 1.82) is 0 Å². The van der Waals surface area contributed by atoms with Crippen LogP contribution >= 0.6 is 0 Å². The number of carbonyl (C=O) groups excluding carboxylic acids is 2. The van der Waals surface area contributed by atoms with Gasteiger partial charge in [0.15, 0.2) is 0 Å². The van der Waals surface area contributed by atoms with Gasteiger partial charge in [0.1, 0.15) is 5.71 Å². The molecule has 0 radical (unpaired) electrons. The minimum atomic E-state index is -0.194. The SMILES string of the molecule is CC(=O)Nc1cccc(/C(C)=N/N=C(/C(=O)c2ccccc2)c2ccccc2)c1. The number of nitrogens with one attached hydrogen (secondary N) is 1. The fourth-order valence-corrected chi connectivity index (χ4v) is 2.76. The van der Waals surface area contributed by atoms with Crippen molar-refractivity contribution >= 4 is 28.8 Å². The topological polar surface area (TPSA) is 70.9 Å². The summed E-state index contributed by atoms with van der Waals surface area (Å²) in [5.41, 5.74) is 3.64. The second-order valence-electron chi connectivity index (χ2n) is 6.46. The van der Waals surface area contributed by atoms with Crippen LogP contribution in [-0.4, -0.2) is 23.1 Å². The van der Waals surface area contributed by atoms with Crippen molar-refractivity contribution in [3.05, 3.63) is 102 Å². The average Bonchev–Trinajstić information content (AvgIpc) is 2.74. The Bertz CT molecular complexity index is 1070. The molecule has 3 aromatic carbocycles. The molecule has 0 saturated carbocycles. The van der Waals surface area contributed by atoms with Gasteiger partial charge >= 0.3 is 0 Å². The van der Waals surface area contributed by atoms with Crippen LogP contribution in [0.2, 0.25) is 0 Å². The van der Waals surface area contributed by atoms with E-state index >= 15 is 0 Å². The molecule has 5 heteroatoms. The number of Topliss-reactive ketones (excluding diaryl/α,β-unsaturated/α-hetero) is 1. The quantitative estimate of drug-likeness (QED) is 0.379. The van der Waals surface area contributed by atoms with Gasteiger partial charge in [-0.05, 0) is 24.6 Å². The lowest BCUT2D eigenvalue weighted by atomic mass is 10.0. The Morgan fingerprint density at radius 2 is 1.28 bits per heavy atom. The van der Waals surface area contributed by atoms with Crippen LogP contribution in [0.1, 0.15) is 35.3 Å². The number of benzene rings is 3. The molecular weight excluding hydrogens is 362 g/mol. The van der Waals surface area contributed by atoms with Gasteiger partial charge in [0.05, 0.1) is 5.71 Å². The van der Waals surface area contributed by atoms with Crippen LogP contribution in [0.15, 0.2) is 95.1 Å². The molecule has 29 heavy (non-hydrogen) atoms. The summed E-state index contributed by atoms with van der Waals surface area (Å²) in [4.78, 5) is 24.3. The Balaban J connectivity index is 1.98. The average molecular weight is 383 g/mol. The summed E-state index contributed by atoms with van der Waals surface area (Å²) in [6, 6.07) is 25.6. The van der Waals surface area contributed by atoms with Crippen molar-refractivity contribution < 1.29 is 9.59 Å². The zero-order chi connectivity index (χ0) is 20.6. The highest BCUT2D eigenvalue weighted by Crippen LogP contribution is 2.13. The summed E-state index contributed by atoms with van der Waals surface area (Å²) in [6.07, 6.45) is 0. The Labute approximate surface area is 169 Å². The molecule has 0 atom stereocenters. The molecule has 0 heterocycles. The van der Waals surface area contributed by atoms with Crippen LogP contribution in [0.3, 0.4) is 0 Å². The first-order valence-electron chi connectivity index (χ1n) is 9.20. The Kier molecular flexibility index (Phi) is 6.43. The van der Waals surface area contributed by atoms with Gasteiger partial charge in [0.25, 0.3) is 0 Å². The van der Waals surface area contributed by atoms with E-state index in [1.54, 1.807) is 18.2 Å². The third kappa shape index (κ3) is 5.32. The van der Waals surface area contributed by atoms with E-state index in [-0.39, 0.29) is 17.4 Å². The molecular formula is C24H21N3O2. The predicted molar refractivity (Wildman–Crippen MR) is 117 cm³/mol. The number of hydrogen-bond donors (Lipinski definition) is 1. The molecule has 0 aromatic heterocycles. The fourth-order valence-electron chi connectivity index (χ4n) is 2.76. The molecule has 0 unspecified atom stereocenters. The van der Waals surface area contributed by atoms with Gasteiger partial charge in [-0.1, -0.05) is 72.8 Å². The fraction of sp³-hybridized carbons (Fsp3) is 0.0833. The van der Waals surface area contributed by atoms with E-state index in [0.717, 1.165) is 5.56 Å². The minimum Gasteiger partial charge on any atom is -0.326 e. The van der Waals surface area contributed by atoms with Crippen LogP contribution < -0.4 is 5.32 Å². The summed E-state index contributed by atoms with van der Waals surface area (Å²) in [5, 5.41) is 11.4. The molecule has 1 amide bonds. The van der Waals surface area contributed by atoms with Crippen LogP contribution in [0, 0.1) is 0 Å². The molecule has 0 spiro atoms. The van der Waals surface area contributed by atoms with Gasteiger partial charge in [0, 0.05) is 23.7 Å². The normalized spacial score (nSPS) is 11.8. The number of rotatable bonds is 6. The molecule has 0 bridgehead atoms. The lowest BCUT2D eigenvalue weighted by molar-refractivity contribution is -0.114. The van der Waals surface area contributed by atoms with Crippen LogP contribution in [0.5, 0.6) is 0 Å². The molecule has 0 fully saturated rings. The number of ketones is 1. The van der Waals surface area contributed by atoms with Crippen molar-refractivity contribution in [3.63, 3.8) is 0 Å². The third-order valence-electron chi connectivity index (χ3n) is 4.20. The summed E-state index contributed by atoms with van der Waals surface area (Å²) >= 11 is 0. The summed E-state index contributed by atoms with van der Waals surface area (Å²) < 4.78 is 0. The molecule has 3 rings (SSSR count). The maximum Gasteiger partial charge on any atom is 0.221 e. The van der Waals surface area contributed by atoms with E-state index < -0.39 is 0 Å². The number of anilines is 1. The van der Waals surface area contributed by atoms with Crippen molar-refractivity contribution in [2.45, 2.75) is 13.8 Å². The second kappa shape index (κ2) is 9.37. The Morgan fingerprint density at radius 3 is 1.90 bits per heavy atom. The molecule has 0 saturated heterocycles. The molecule has 0 aliphatic rings. The smallest absolute Gasteiger partial charge is 0.221 e. The number of amides is 1. The number of carbonyl (C=O) groups is 2. The molecule has 0 aliphatic carbocycles. The van der Waals surface area contributed by atoms with Crippen molar-refractivity contribution in [1.82, 2.24) is 0 Å². The van der Waals surface area contributed by atoms with E-state index in [1.165, 1.54) is 6.92 Å². The van der Waals surface area contributed by atoms with Gasteiger partial charge in [-0.2, -0.15) is 5.10 Å². The predicted octanol–water partition coefficient (Wildman–Crippen LogP) is 4.74. The maximum absolute atomic E-state index is 13.0. The first-order chi connectivity index (χ1) is 14.0. The lowest BCUT2D eigenvalue weighted by Gasteiger charge is -2.06. The molecule has 144 valence electrons. The third-order valence-corrected chi connectivity index (χ3v) is 4.20. The monoisotopic (exact) mass is 383 g/mol. The number of hydrogen-bond acceptors (Lipinski definition) is 4. The maximum atomic E-state index is 13.0. The zero-order valence-corrected chi connectivity index (χ0v) is 16.3. The molecule has 0 aliphatic heterocycles. The van der Waals surface area contributed by atoms with Gasteiger partial charge in [-0.25, -0.2) is 0 Å². The summed E-state index contributed by atoms with van der Waals surface area (Å²) in [7, 11) is 0. The first kappa shape index (κ1) is 19.9. The van der Waals surface area contributed by atoms with E-state index in [0.29, 0.717) is 22.5 Å². The van der Waals surface area contributed by atoms with E-state index in [9.17, 15) is 9.59 Å². The van der Waals surface area contributed by atoms with Crippen molar-refractivity contribution in [3.8, 4) is 0 Å². The second-order valence-corrected chi connectivity index (χ2v) is 6.46. The van der Waals surface area contributed by atoms with E-state index in [1.807, 2.05) is 73.7 Å². The highest BCUT2D eigenvalue weighted by atomic mass is 16.1. The largest absolute Gasteiger partial charge is 0.326 e. The Morgan fingerprint density at radius 1 is 0.690 bits per heavy atom. The first-order valence-corrected chi connectivity index (χ1v) is 9.20. The minimum absolute atomic E-state index is 0.144. The van der Waals surface area contributed by atoms with Crippen LogP contribution in [0.4, 0.5) is 5.69 Å². The lowest BCUT2D eigenvalue weighted by Crippen LogP contribution is -2.15. The standard InChI is InChI=1S/C24H21N3O2/c1-17(21-14-9-15-22(16-21)25-18(2)28)26-27-23(19-10-5-3-6-11-19)24(29)20-12-7-4-8-13-20/h3-16H,1-2H3,(H,25,28)/b26-17+,27-23+. The number of nitrogens with zero attached hydrogens (tertiary/aromatic N) is 2. The molecule has 5 nitrogen and oxygen atoms in total. The van der Waals surface area contributed by atoms with Gasteiger partial charge < -0.3 is 5.32 Å². The van der Waals surface area contributed by atoms with Crippen molar-refractivity contribution in [2.75, 3.05) is 5.32 Å². The van der Waals surface area contributed by atoms with E-state index in [2.05, 4.69) is 15.5 Å². The summed E-state index contributed by atoms with van der Waals surface area (Å²) in [6.45, 7) is 3.27. The highest BCUT2D eigenvalue weighted by Gasteiger charge is 2.16. The molecule has 1 N–H and O–H groups in total. The zero-order valence-electron chi connectivity index (χ0n) is 16.3. The Hall–Kier alpha value is -3.86. The van der Waals surface area contributed by atoms with Crippen LogP contribution in [0.25, 0.3) is 0 Å². The highest BCUT2D eigenvalue weighted by molar-refractivity contribution is 6.51. The van der Waals surface area contributed by atoms with Gasteiger partial charge in [0.2, 0.25) is 11.7 Å².